The standard InChI is InChI=1S/C16H15F2N3O3S/c1-23-11-4-2-3-9(13(11)24-15(17)18)7-8-12(22)19-16-21-20-14(25-16)10-5-6-10/h2-4,7-8,10,15H,5-6H2,1H3,(H,19,21,22)/b8-7-. The van der Waals surface area contributed by atoms with Crippen molar-refractivity contribution in [2.45, 2.75) is 25.4 Å². The number of alkyl halides is 2. The quantitative estimate of drug-likeness (QED) is 0.756. The van der Waals surface area contributed by atoms with Gasteiger partial charge in [0.2, 0.25) is 11.0 Å². The second kappa shape index (κ2) is 7.56. The molecule has 1 aromatic carbocycles. The van der Waals surface area contributed by atoms with Gasteiger partial charge in [-0.2, -0.15) is 8.78 Å². The van der Waals surface area contributed by atoms with E-state index in [2.05, 4.69) is 20.3 Å². The third-order valence-corrected chi connectivity index (χ3v) is 4.45. The summed E-state index contributed by atoms with van der Waals surface area (Å²) in [5, 5.41) is 11.9. The number of halogens is 2. The van der Waals surface area contributed by atoms with E-state index in [1.54, 1.807) is 12.1 Å². The third kappa shape index (κ3) is 4.50. The molecule has 2 aromatic rings. The number of benzene rings is 1. The molecule has 1 heterocycles. The van der Waals surface area contributed by atoms with Crippen molar-refractivity contribution in [3.8, 4) is 11.5 Å². The Kier molecular flexibility index (Phi) is 5.22. The van der Waals surface area contributed by atoms with E-state index in [0.717, 1.165) is 17.8 Å². The maximum atomic E-state index is 12.6. The Bertz CT molecular complexity index is 791. The summed E-state index contributed by atoms with van der Waals surface area (Å²) in [5.41, 5.74) is 0.297. The van der Waals surface area contributed by atoms with Gasteiger partial charge in [0.25, 0.3) is 0 Å². The lowest BCUT2D eigenvalue weighted by Gasteiger charge is -2.12. The van der Waals surface area contributed by atoms with Crippen LogP contribution >= 0.6 is 11.3 Å². The lowest BCUT2D eigenvalue weighted by atomic mass is 10.1. The van der Waals surface area contributed by atoms with E-state index in [1.807, 2.05) is 0 Å². The fourth-order valence-corrected chi connectivity index (χ4v) is 3.05. The van der Waals surface area contributed by atoms with Gasteiger partial charge in [-0.3, -0.25) is 10.1 Å². The SMILES string of the molecule is COc1cccc(/C=C\C(=O)Nc2nnc(C3CC3)s2)c1OC(F)F. The fourth-order valence-electron chi connectivity index (χ4n) is 2.13. The average molecular weight is 367 g/mol. The molecule has 1 amide bonds. The summed E-state index contributed by atoms with van der Waals surface area (Å²) >= 11 is 1.34. The van der Waals surface area contributed by atoms with Crippen molar-refractivity contribution >= 4 is 28.5 Å². The Morgan fingerprint density at radius 3 is 2.88 bits per heavy atom. The van der Waals surface area contributed by atoms with Gasteiger partial charge in [0.1, 0.15) is 5.01 Å². The first-order valence-corrected chi connectivity index (χ1v) is 8.32. The van der Waals surface area contributed by atoms with Gasteiger partial charge < -0.3 is 9.47 Å². The smallest absolute Gasteiger partial charge is 0.387 e. The van der Waals surface area contributed by atoms with Gasteiger partial charge >= 0.3 is 6.61 Å². The molecule has 1 aromatic heterocycles. The molecule has 0 unspecified atom stereocenters. The largest absolute Gasteiger partial charge is 0.493 e. The van der Waals surface area contributed by atoms with Crippen LogP contribution in [0.2, 0.25) is 0 Å². The van der Waals surface area contributed by atoms with Gasteiger partial charge in [-0.25, -0.2) is 0 Å². The van der Waals surface area contributed by atoms with Crippen molar-refractivity contribution in [3.05, 3.63) is 34.8 Å². The van der Waals surface area contributed by atoms with Crippen molar-refractivity contribution in [1.29, 1.82) is 0 Å². The number of para-hydroxylation sites is 1. The van der Waals surface area contributed by atoms with E-state index in [-0.39, 0.29) is 11.5 Å². The number of ether oxygens (including phenoxy) is 2. The Hall–Kier alpha value is -2.55. The zero-order valence-corrected chi connectivity index (χ0v) is 14.1. The number of anilines is 1. The minimum Gasteiger partial charge on any atom is -0.493 e. The van der Waals surface area contributed by atoms with Crippen LogP contribution in [0.25, 0.3) is 6.08 Å². The predicted molar refractivity (Wildman–Crippen MR) is 89.2 cm³/mol. The van der Waals surface area contributed by atoms with Gasteiger partial charge in [0.05, 0.1) is 7.11 Å². The van der Waals surface area contributed by atoms with E-state index < -0.39 is 12.5 Å². The van der Waals surface area contributed by atoms with Crippen LogP contribution in [0.1, 0.15) is 29.3 Å². The molecule has 9 heteroatoms. The number of rotatable bonds is 7. The molecule has 0 spiro atoms. The van der Waals surface area contributed by atoms with E-state index in [9.17, 15) is 13.6 Å². The highest BCUT2D eigenvalue weighted by molar-refractivity contribution is 7.15. The number of hydrogen-bond acceptors (Lipinski definition) is 6. The summed E-state index contributed by atoms with van der Waals surface area (Å²) in [4.78, 5) is 12.0. The number of hydrogen-bond donors (Lipinski definition) is 1. The van der Waals surface area contributed by atoms with Crippen LogP contribution in [-0.4, -0.2) is 29.8 Å². The normalized spacial score (nSPS) is 14.1. The zero-order chi connectivity index (χ0) is 17.8. The second-order valence-electron chi connectivity index (χ2n) is 5.30. The van der Waals surface area contributed by atoms with Crippen LogP contribution < -0.4 is 14.8 Å². The lowest BCUT2D eigenvalue weighted by Crippen LogP contribution is -2.08. The van der Waals surface area contributed by atoms with Crippen molar-refractivity contribution < 1.29 is 23.0 Å². The number of amides is 1. The van der Waals surface area contributed by atoms with Crippen molar-refractivity contribution in [2.24, 2.45) is 0 Å². The molecule has 0 bridgehead atoms. The molecule has 1 aliphatic rings. The molecule has 0 aliphatic heterocycles. The molecule has 0 saturated heterocycles. The summed E-state index contributed by atoms with van der Waals surface area (Å²) in [6, 6.07) is 4.65. The molecule has 0 atom stereocenters. The van der Waals surface area contributed by atoms with Crippen LogP contribution in [0.3, 0.4) is 0 Å². The minimum absolute atomic E-state index is 0.129. The summed E-state index contributed by atoms with van der Waals surface area (Å²) in [6.07, 6.45) is 4.79. The van der Waals surface area contributed by atoms with Gasteiger partial charge in [-0.1, -0.05) is 23.5 Å². The summed E-state index contributed by atoms with van der Waals surface area (Å²) in [5.74, 6) is 0.0471. The first-order chi connectivity index (χ1) is 12.1. The van der Waals surface area contributed by atoms with Crippen molar-refractivity contribution in [1.82, 2.24) is 10.2 Å². The fraction of sp³-hybridized carbons (Fsp3) is 0.312. The molecule has 25 heavy (non-hydrogen) atoms. The summed E-state index contributed by atoms with van der Waals surface area (Å²) < 4.78 is 34.7. The Morgan fingerprint density at radius 1 is 1.40 bits per heavy atom. The van der Waals surface area contributed by atoms with Crippen LogP contribution in [-0.2, 0) is 4.79 Å². The van der Waals surface area contributed by atoms with Gasteiger partial charge in [0.15, 0.2) is 11.5 Å². The molecular weight excluding hydrogens is 352 g/mol. The first-order valence-electron chi connectivity index (χ1n) is 7.51. The number of nitrogens with one attached hydrogen (secondary N) is 1. The van der Waals surface area contributed by atoms with Gasteiger partial charge in [-0.05, 0) is 25.0 Å². The Morgan fingerprint density at radius 2 is 2.20 bits per heavy atom. The monoisotopic (exact) mass is 367 g/mol. The molecular formula is C16H15F2N3O3S. The zero-order valence-electron chi connectivity index (χ0n) is 13.2. The highest BCUT2D eigenvalue weighted by atomic mass is 32.1. The van der Waals surface area contributed by atoms with Crippen molar-refractivity contribution in [2.75, 3.05) is 12.4 Å². The minimum atomic E-state index is -3.00. The number of carbonyl (C=O) groups is 1. The number of methoxy groups -OCH3 is 1. The molecule has 1 aliphatic carbocycles. The Balaban J connectivity index is 1.70. The average Bonchev–Trinajstić information content (AvgIpc) is 3.33. The molecule has 132 valence electrons. The number of nitrogens with zero attached hydrogens (tertiary/aromatic N) is 2. The third-order valence-electron chi connectivity index (χ3n) is 3.45. The van der Waals surface area contributed by atoms with E-state index >= 15 is 0 Å². The van der Waals surface area contributed by atoms with Crippen LogP contribution in [0.15, 0.2) is 24.3 Å². The maximum Gasteiger partial charge on any atom is 0.387 e. The number of carbonyl (C=O) groups excluding carboxylic acids is 1. The molecule has 1 fully saturated rings. The maximum absolute atomic E-state index is 12.6. The summed E-state index contributed by atoms with van der Waals surface area (Å²) in [7, 11) is 1.35. The molecule has 1 saturated carbocycles. The first kappa shape index (κ1) is 17.3. The number of aromatic nitrogens is 2. The van der Waals surface area contributed by atoms with E-state index in [1.165, 1.54) is 36.7 Å². The Labute approximate surface area is 146 Å². The highest BCUT2D eigenvalue weighted by Crippen LogP contribution is 2.42. The lowest BCUT2D eigenvalue weighted by molar-refractivity contribution is -0.111. The topological polar surface area (TPSA) is 73.3 Å². The van der Waals surface area contributed by atoms with Crippen LogP contribution in [0.4, 0.5) is 13.9 Å². The molecule has 6 nitrogen and oxygen atoms in total. The molecule has 3 rings (SSSR count). The van der Waals surface area contributed by atoms with Crippen LogP contribution in [0, 0.1) is 0 Å². The predicted octanol–water partition coefficient (Wildman–Crippen LogP) is 3.68. The van der Waals surface area contributed by atoms with Gasteiger partial charge in [0, 0.05) is 17.6 Å². The van der Waals surface area contributed by atoms with Gasteiger partial charge in [-0.15, -0.1) is 10.2 Å². The van der Waals surface area contributed by atoms with E-state index in [4.69, 9.17) is 4.74 Å². The van der Waals surface area contributed by atoms with Crippen molar-refractivity contribution in [3.63, 3.8) is 0 Å². The molecule has 1 N–H and O–H groups in total. The second-order valence-corrected chi connectivity index (χ2v) is 6.31. The van der Waals surface area contributed by atoms with E-state index in [0.29, 0.717) is 16.6 Å². The molecule has 0 radical (unpaired) electrons. The van der Waals surface area contributed by atoms with Crippen LogP contribution in [0.5, 0.6) is 11.5 Å². The summed E-state index contributed by atoms with van der Waals surface area (Å²) in [6.45, 7) is -3.00. The highest BCUT2D eigenvalue weighted by Gasteiger charge is 2.27.